The van der Waals surface area contributed by atoms with E-state index in [1.54, 1.807) is 0 Å². The number of hydrogen-bond acceptors (Lipinski definition) is 6. The highest BCUT2D eigenvalue weighted by molar-refractivity contribution is 5.87. The van der Waals surface area contributed by atoms with E-state index in [-0.39, 0.29) is 29.3 Å². The van der Waals surface area contributed by atoms with Crippen LogP contribution in [0.2, 0.25) is 0 Å². The maximum atomic E-state index is 12.6. The minimum absolute atomic E-state index is 0.258. The summed E-state index contributed by atoms with van der Waals surface area (Å²) in [6.45, 7) is 7.04. The Morgan fingerprint density at radius 1 is 1.03 bits per heavy atom. The van der Waals surface area contributed by atoms with E-state index >= 15 is 0 Å². The van der Waals surface area contributed by atoms with Crippen molar-refractivity contribution in [1.82, 2.24) is 0 Å². The maximum Gasteiger partial charge on any atom is 0.303 e. The Labute approximate surface area is 172 Å². The largest absolute Gasteiger partial charge is 0.462 e. The van der Waals surface area contributed by atoms with Crippen LogP contribution in [0.15, 0.2) is 0 Å². The average Bonchev–Trinajstić information content (AvgIpc) is 2.92. The second kappa shape index (κ2) is 6.79. The number of hydrogen-bond donors (Lipinski definition) is 1. The van der Waals surface area contributed by atoms with Crippen LogP contribution in [0.1, 0.15) is 79.1 Å². The van der Waals surface area contributed by atoms with Crippen molar-refractivity contribution in [3.05, 3.63) is 0 Å². The first-order chi connectivity index (χ1) is 13.5. The van der Waals surface area contributed by atoms with Gasteiger partial charge in [-0.3, -0.25) is 14.4 Å². The van der Waals surface area contributed by atoms with Crippen LogP contribution in [-0.2, 0) is 23.9 Å². The van der Waals surface area contributed by atoms with Crippen LogP contribution in [-0.4, -0.2) is 40.6 Å². The van der Waals surface area contributed by atoms with Gasteiger partial charge in [-0.15, -0.1) is 0 Å². The minimum atomic E-state index is -1.05. The molecule has 4 aliphatic rings. The van der Waals surface area contributed by atoms with Gasteiger partial charge in [-0.25, -0.2) is 0 Å². The lowest BCUT2D eigenvalue weighted by molar-refractivity contribution is -0.273. The highest BCUT2D eigenvalue weighted by atomic mass is 16.6. The molecule has 29 heavy (non-hydrogen) atoms. The van der Waals surface area contributed by atoms with E-state index < -0.39 is 23.1 Å². The predicted molar refractivity (Wildman–Crippen MR) is 105 cm³/mol. The number of Topliss-reactive ketones (excluding diaryl/α,β-unsaturated/α-hetero) is 1. The molecule has 4 fully saturated rings. The SMILES string of the molecule is CC(=O)O[C@H]1CC[C@]2(C)[C@H]3CC[C@]4(C)C(=O)CC[C@H]4[C@@H]3C[C@H](O)[C@@]2(OC(C)=O)C1. The molecule has 4 aliphatic carbocycles. The molecule has 0 saturated heterocycles. The molecule has 0 unspecified atom stereocenters. The summed E-state index contributed by atoms with van der Waals surface area (Å²) < 4.78 is 11.5. The zero-order chi connectivity index (χ0) is 21.2. The summed E-state index contributed by atoms with van der Waals surface area (Å²) in [5, 5.41) is 11.4. The van der Waals surface area contributed by atoms with E-state index in [1.165, 1.54) is 13.8 Å². The van der Waals surface area contributed by atoms with E-state index in [1.807, 2.05) is 0 Å². The standard InChI is InChI=1S/C23H34O6/c1-13(24)28-15-7-10-22(4)18-8-9-21(3)17(5-6-19(21)26)16(18)11-20(27)23(22,12-15)29-14(2)25/h15-18,20,27H,5-12H2,1-4H3/t15-,16-,17-,18-,20-,21-,22+,23-/m0/s1. The van der Waals surface area contributed by atoms with Gasteiger partial charge in [0.05, 0.1) is 6.10 Å². The van der Waals surface area contributed by atoms with Crippen molar-refractivity contribution in [1.29, 1.82) is 0 Å². The molecular weight excluding hydrogens is 372 g/mol. The van der Waals surface area contributed by atoms with Crippen molar-refractivity contribution in [2.24, 2.45) is 28.6 Å². The number of aliphatic hydroxyl groups is 1. The number of ketones is 1. The summed E-state index contributed by atoms with van der Waals surface area (Å²) in [5.41, 5.74) is -1.72. The smallest absolute Gasteiger partial charge is 0.303 e. The monoisotopic (exact) mass is 406 g/mol. The van der Waals surface area contributed by atoms with Crippen molar-refractivity contribution in [3.63, 3.8) is 0 Å². The number of carbonyl (C=O) groups is 3. The Morgan fingerprint density at radius 2 is 1.76 bits per heavy atom. The Kier molecular flexibility index (Phi) is 4.88. The van der Waals surface area contributed by atoms with Crippen LogP contribution in [0.5, 0.6) is 0 Å². The number of esters is 2. The van der Waals surface area contributed by atoms with Crippen LogP contribution in [0.4, 0.5) is 0 Å². The fourth-order valence-corrected chi connectivity index (χ4v) is 7.81. The molecule has 6 heteroatoms. The van der Waals surface area contributed by atoms with E-state index in [2.05, 4.69) is 13.8 Å². The van der Waals surface area contributed by atoms with Gasteiger partial charge < -0.3 is 14.6 Å². The lowest BCUT2D eigenvalue weighted by Gasteiger charge is -2.65. The molecule has 0 radical (unpaired) electrons. The quantitative estimate of drug-likeness (QED) is 0.709. The second-order valence-corrected chi connectivity index (χ2v) is 10.4. The van der Waals surface area contributed by atoms with Gasteiger partial charge in [-0.1, -0.05) is 13.8 Å². The lowest BCUT2D eigenvalue weighted by Crippen LogP contribution is -2.70. The molecule has 0 spiro atoms. The van der Waals surface area contributed by atoms with Gasteiger partial charge in [0.2, 0.25) is 0 Å². The van der Waals surface area contributed by atoms with E-state index in [0.717, 1.165) is 25.7 Å². The molecule has 0 bridgehead atoms. The van der Waals surface area contributed by atoms with Gasteiger partial charge in [0.1, 0.15) is 17.5 Å². The highest BCUT2D eigenvalue weighted by Gasteiger charge is 2.69. The third-order valence-electron chi connectivity index (χ3n) is 9.14. The minimum Gasteiger partial charge on any atom is -0.462 e. The van der Waals surface area contributed by atoms with Gasteiger partial charge in [0, 0.05) is 37.5 Å². The molecular formula is C23H34O6. The molecule has 0 aromatic heterocycles. The molecule has 0 amide bonds. The lowest BCUT2D eigenvalue weighted by atomic mass is 9.43. The normalized spacial score (nSPS) is 48.9. The number of rotatable bonds is 2. The molecule has 6 nitrogen and oxygen atoms in total. The van der Waals surface area contributed by atoms with Crippen molar-refractivity contribution in [2.75, 3.05) is 0 Å². The fraction of sp³-hybridized carbons (Fsp3) is 0.870. The van der Waals surface area contributed by atoms with E-state index in [9.17, 15) is 19.5 Å². The molecule has 0 aromatic rings. The Hall–Kier alpha value is -1.43. The molecule has 0 aromatic carbocycles. The molecule has 0 aliphatic heterocycles. The maximum absolute atomic E-state index is 12.6. The van der Waals surface area contributed by atoms with Gasteiger partial charge in [-0.05, 0) is 56.3 Å². The zero-order valence-electron chi connectivity index (χ0n) is 18.0. The third-order valence-corrected chi connectivity index (χ3v) is 9.14. The zero-order valence-corrected chi connectivity index (χ0v) is 18.0. The summed E-state index contributed by atoms with van der Waals surface area (Å²) in [6, 6.07) is 0. The first-order valence-electron chi connectivity index (χ1n) is 11.1. The number of aliphatic hydroxyl groups excluding tert-OH is 1. The molecule has 4 rings (SSSR count). The predicted octanol–water partition coefficient (Wildman–Crippen LogP) is 3.19. The molecule has 4 saturated carbocycles. The van der Waals surface area contributed by atoms with Crippen molar-refractivity contribution in [3.8, 4) is 0 Å². The Bertz CT molecular complexity index is 733. The van der Waals surface area contributed by atoms with Crippen LogP contribution >= 0.6 is 0 Å². The Morgan fingerprint density at radius 3 is 2.41 bits per heavy atom. The third kappa shape index (κ3) is 2.88. The first kappa shape index (κ1) is 20.8. The highest BCUT2D eigenvalue weighted by Crippen LogP contribution is 2.67. The average molecular weight is 407 g/mol. The topological polar surface area (TPSA) is 89.9 Å². The van der Waals surface area contributed by atoms with Gasteiger partial charge in [0.15, 0.2) is 0 Å². The van der Waals surface area contributed by atoms with Gasteiger partial charge in [0.25, 0.3) is 0 Å². The first-order valence-corrected chi connectivity index (χ1v) is 11.1. The van der Waals surface area contributed by atoms with Crippen LogP contribution in [0, 0.1) is 28.6 Å². The number of ether oxygens (including phenoxy) is 2. The molecule has 162 valence electrons. The van der Waals surface area contributed by atoms with Crippen molar-refractivity contribution >= 4 is 17.7 Å². The van der Waals surface area contributed by atoms with Gasteiger partial charge in [-0.2, -0.15) is 0 Å². The van der Waals surface area contributed by atoms with Crippen molar-refractivity contribution in [2.45, 2.75) is 96.9 Å². The molecule has 1 N–H and O–H groups in total. The van der Waals surface area contributed by atoms with E-state index in [0.29, 0.717) is 37.4 Å². The summed E-state index contributed by atoms with van der Waals surface area (Å²) >= 11 is 0. The van der Waals surface area contributed by atoms with Crippen LogP contribution in [0.3, 0.4) is 0 Å². The summed E-state index contributed by atoms with van der Waals surface area (Å²) in [5.74, 6) is 0.450. The summed E-state index contributed by atoms with van der Waals surface area (Å²) in [4.78, 5) is 36.3. The molecule has 8 atom stereocenters. The number of carbonyl (C=O) groups excluding carboxylic acids is 3. The second-order valence-electron chi connectivity index (χ2n) is 10.4. The van der Waals surface area contributed by atoms with Gasteiger partial charge >= 0.3 is 11.9 Å². The fourth-order valence-electron chi connectivity index (χ4n) is 7.81. The molecule has 0 heterocycles. The van der Waals surface area contributed by atoms with E-state index in [4.69, 9.17) is 9.47 Å². The van der Waals surface area contributed by atoms with Crippen LogP contribution in [0.25, 0.3) is 0 Å². The van der Waals surface area contributed by atoms with Crippen LogP contribution < -0.4 is 0 Å². The summed E-state index contributed by atoms with van der Waals surface area (Å²) in [7, 11) is 0. The summed E-state index contributed by atoms with van der Waals surface area (Å²) in [6.07, 6.45) is 4.45. The van der Waals surface area contributed by atoms with Crippen molar-refractivity contribution < 1.29 is 29.0 Å². The Balaban J connectivity index is 1.72. The number of fused-ring (bicyclic) bond motifs is 5.